The fourth-order valence-corrected chi connectivity index (χ4v) is 1.42. The van der Waals surface area contributed by atoms with Crippen molar-refractivity contribution in [2.75, 3.05) is 0 Å². The summed E-state index contributed by atoms with van der Waals surface area (Å²) in [6, 6.07) is 0.0172. The molecule has 1 amide bonds. The van der Waals surface area contributed by atoms with Crippen molar-refractivity contribution in [3.8, 4) is 0 Å². The third kappa shape index (κ3) is 1.27. The molecule has 1 fully saturated rings. The minimum Gasteiger partial charge on any atom is -0.327 e. The summed E-state index contributed by atoms with van der Waals surface area (Å²) in [5, 5.41) is 0. The molecule has 10 heavy (non-hydrogen) atoms. The predicted octanol–water partition coefficient (Wildman–Crippen LogP) is -0.896. The van der Waals surface area contributed by atoms with E-state index in [0.29, 0.717) is 0 Å². The molecule has 1 aliphatic rings. The number of carbonyl (C=O) groups is 1. The smallest absolute Gasteiger partial charge is 0.238 e. The molecule has 0 aliphatic heterocycles. The van der Waals surface area contributed by atoms with Crippen molar-refractivity contribution < 1.29 is 4.79 Å². The number of nitrogens with one attached hydrogen (secondary N) is 1. The largest absolute Gasteiger partial charge is 0.327 e. The summed E-state index contributed by atoms with van der Waals surface area (Å²) in [6.07, 6.45) is 2.86. The highest BCUT2D eigenvalue weighted by molar-refractivity contribution is 5.79. The minimum atomic E-state index is -0.120. The Kier molecular flexibility index (Phi) is 2.24. The highest BCUT2D eigenvalue weighted by Gasteiger charge is 2.29. The second kappa shape index (κ2) is 2.98. The van der Waals surface area contributed by atoms with E-state index in [1.165, 1.54) is 0 Å². The van der Waals surface area contributed by atoms with E-state index in [1.54, 1.807) is 0 Å². The molecule has 1 saturated carbocycles. The molecule has 2 atom stereocenters. The van der Waals surface area contributed by atoms with Crippen LogP contribution in [0.15, 0.2) is 0 Å². The van der Waals surface area contributed by atoms with Crippen LogP contribution in [0, 0.1) is 5.92 Å². The molecule has 0 saturated heterocycles. The van der Waals surface area contributed by atoms with Gasteiger partial charge in [-0.3, -0.25) is 10.2 Å². The van der Waals surface area contributed by atoms with Crippen molar-refractivity contribution in [2.45, 2.75) is 25.3 Å². The van der Waals surface area contributed by atoms with Gasteiger partial charge >= 0.3 is 0 Å². The zero-order valence-electron chi connectivity index (χ0n) is 5.84. The normalized spacial score (nSPS) is 32.2. The molecule has 4 nitrogen and oxygen atoms in total. The lowest BCUT2D eigenvalue weighted by Crippen LogP contribution is -2.41. The van der Waals surface area contributed by atoms with Gasteiger partial charge in [-0.25, -0.2) is 5.84 Å². The standard InChI is InChI=1S/C6H13N3O/c7-5-3-1-2-4(5)6(10)9-8/h4-5H,1-3,7-8H2,(H,9,10). The molecule has 0 heterocycles. The first kappa shape index (κ1) is 7.50. The first-order valence-corrected chi connectivity index (χ1v) is 3.51. The van der Waals surface area contributed by atoms with E-state index >= 15 is 0 Å². The summed E-state index contributed by atoms with van der Waals surface area (Å²) in [4.78, 5) is 10.9. The van der Waals surface area contributed by atoms with Gasteiger partial charge in [0, 0.05) is 6.04 Å². The Hall–Kier alpha value is -0.610. The van der Waals surface area contributed by atoms with Crippen LogP contribution in [-0.4, -0.2) is 11.9 Å². The lowest BCUT2D eigenvalue weighted by molar-refractivity contribution is -0.125. The lowest BCUT2D eigenvalue weighted by Gasteiger charge is -2.11. The SMILES string of the molecule is NNC(=O)C1CCCC1N. The van der Waals surface area contributed by atoms with E-state index in [-0.39, 0.29) is 17.9 Å². The van der Waals surface area contributed by atoms with E-state index in [2.05, 4.69) is 5.43 Å². The van der Waals surface area contributed by atoms with Crippen LogP contribution in [0.1, 0.15) is 19.3 Å². The maximum absolute atomic E-state index is 10.9. The van der Waals surface area contributed by atoms with E-state index in [9.17, 15) is 4.79 Å². The van der Waals surface area contributed by atoms with Crippen molar-refractivity contribution in [1.82, 2.24) is 5.43 Å². The van der Waals surface area contributed by atoms with Gasteiger partial charge in [-0.1, -0.05) is 6.42 Å². The van der Waals surface area contributed by atoms with Crippen LogP contribution in [0.25, 0.3) is 0 Å². The van der Waals surface area contributed by atoms with Gasteiger partial charge in [0.2, 0.25) is 5.91 Å². The van der Waals surface area contributed by atoms with Crippen LogP contribution in [0.4, 0.5) is 0 Å². The van der Waals surface area contributed by atoms with E-state index < -0.39 is 0 Å². The molecule has 5 N–H and O–H groups in total. The van der Waals surface area contributed by atoms with Gasteiger partial charge in [0.05, 0.1) is 5.92 Å². The number of rotatable bonds is 1. The Bertz CT molecular complexity index is 137. The number of hydrogen-bond acceptors (Lipinski definition) is 3. The first-order valence-electron chi connectivity index (χ1n) is 3.51. The van der Waals surface area contributed by atoms with Crippen LogP contribution < -0.4 is 17.0 Å². The predicted molar refractivity (Wildman–Crippen MR) is 37.6 cm³/mol. The van der Waals surface area contributed by atoms with Gasteiger partial charge in [0.15, 0.2) is 0 Å². The van der Waals surface area contributed by atoms with Gasteiger partial charge in [-0.15, -0.1) is 0 Å². The van der Waals surface area contributed by atoms with Gasteiger partial charge in [-0.2, -0.15) is 0 Å². The number of amides is 1. The van der Waals surface area contributed by atoms with Crippen LogP contribution in [0.2, 0.25) is 0 Å². The molecular weight excluding hydrogens is 130 g/mol. The summed E-state index contributed by atoms with van der Waals surface area (Å²) < 4.78 is 0. The second-order valence-electron chi connectivity index (χ2n) is 2.71. The molecule has 1 rings (SSSR count). The Morgan fingerprint density at radius 2 is 2.20 bits per heavy atom. The first-order chi connectivity index (χ1) is 4.75. The maximum Gasteiger partial charge on any atom is 0.238 e. The number of carbonyl (C=O) groups excluding carboxylic acids is 1. The van der Waals surface area contributed by atoms with Gasteiger partial charge < -0.3 is 5.73 Å². The molecule has 1 aliphatic carbocycles. The van der Waals surface area contributed by atoms with Crippen molar-refractivity contribution in [3.63, 3.8) is 0 Å². The third-order valence-electron chi connectivity index (χ3n) is 2.05. The quantitative estimate of drug-likeness (QED) is 0.253. The van der Waals surface area contributed by atoms with Crippen LogP contribution >= 0.6 is 0 Å². The topological polar surface area (TPSA) is 81.1 Å². The highest BCUT2D eigenvalue weighted by Crippen LogP contribution is 2.23. The van der Waals surface area contributed by atoms with Crippen molar-refractivity contribution in [3.05, 3.63) is 0 Å². The fraction of sp³-hybridized carbons (Fsp3) is 0.833. The zero-order valence-corrected chi connectivity index (χ0v) is 5.84. The number of hydrazine groups is 1. The molecule has 2 unspecified atom stereocenters. The molecule has 58 valence electrons. The molecular formula is C6H13N3O. The molecule has 0 spiro atoms. The second-order valence-corrected chi connectivity index (χ2v) is 2.71. The van der Waals surface area contributed by atoms with Gasteiger partial charge in [-0.05, 0) is 12.8 Å². The number of nitrogens with two attached hydrogens (primary N) is 2. The Balaban J connectivity index is 2.46. The van der Waals surface area contributed by atoms with Gasteiger partial charge in [0.25, 0.3) is 0 Å². The molecule has 0 radical (unpaired) electrons. The molecule has 0 aromatic heterocycles. The molecule has 0 aromatic carbocycles. The lowest BCUT2D eigenvalue weighted by atomic mass is 10.0. The van der Waals surface area contributed by atoms with E-state index in [1.807, 2.05) is 0 Å². The molecule has 0 bridgehead atoms. The summed E-state index contributed by atoms with van der Waals surface area (Å²) in [6.45, 7) is 0. The Morgan fingerprint density at radius 1 is 1.50 bits per heavy atom. The molecule has 0 aromatic rings. The van der Waals surface area contributed by atoms with Crippen molar-refractivity contribution in [2.24, 2.45) is 17.5 Å². The average Bonchev–Trinajstić information content (AvgIpc) is 2.34. The summed E-state index contributed by atoms with van der Waals surface area (Å²) in [5.74, 6) is 4.79. The van der Waals surface area contributed by atoms with E-state index in [0.717, 1.165) is 19.3 Å². The Morgan fingerprint density at radius 3 is 2.60 bits per heavy atom. The van der Waals surface area contributed by atoms with Crippen molar-refractivity contribution in [1.29, 1.82) is 0 Å². The third-order valence-corrected chi connectivity index (χ3v) is 2.05. The maximum atomic E-state index is 10.9. The van der Waals surface area contributed by atoms with Crippen molar-refractivity contribution >= 4 is 5.91 Å². The highest BCUT2D eigenvalue weighted by atomic mass is 16.2. The Labute approximate surface area is 59.9 Å². The number of hydrogen-bond donors (Lipinski definition) is 3. The monoisotopic (exact) mass is 143 g/mol. The van der Waals surface area contributed by atoms with Crippen LogP contribution in [-0.2, 0) is 4.79 Å². The minimum absolute atomic E-state index is 0.0172. The van der Waals surface area contributed by atoms with Crippen LogP contribution in [0.5, 0.6) is 0 Å². The molecule has 4 heteroatoms. The summed E-state index contributed by atoms with van der Waals surface area (Å²) in [7, 11) is 0. The zero-order chi connectivity index (χ0) is 7.56. The van der Waals surface area contributed by atoms with Crippen LogP contribution in [0.3, 0.4) is 0 Å². The van der Waals surface area contributed by atoms with Gasteiger partial charge in [0.1, 0.15) is 0 Å². The summed E-state index contributed by atoms with van der Waals surface area (Å²) >= 11 is 0. The average molecular weight is 143 g/mol. The fourth-order valence-electron chi connectivity index (χ4n) is 1.42. The summed E-state index contributed by atoms with van der Waals surface area (Å²) in [5.41, 5.74) is 7.76. The van der Waals surface area contributed by atoms with E-state index in [4.69, 9.17) is 11.6 Å².